The lowest BCUT2D eigenvalue weighted by Crippen LogP contribution is -2.45. The third-order valence-electron chi connectivity index (χ3n) is 3.37. The molecule has 106 valence electrons. The van der Waals surface area contributed by atoms with E-state index >= 15 is 0 Å². The van der Waals surface area contributed by atoms with Gasteiger partial charge in [-0.15, -0.1) is 12.4 Å². The summed E-state index contributed by atoms with van der Waals surface area (Å²) in [6.07, 6.45) is 1.09. The molecule has 1 amide bonds. The SMILES string of the molecule is CCC1CN(C(=O)c2cc(N)ccc2C)CCO1.Cl. The summed E-state index contributed by atoms with van der Waals surface area (Å²) >= 11 is 0. The van der Waals surface area contributed by atoms with Crippen molar-refractivity contribution < 1.29 is 9.53 Å². The summed E-state index contributed by atoms with van der Waals surface area (Å²) in [7, 11) is 0. The van der Waals surface area contributed by atoms with Gasteiger partial charge in [0.05, 0.1) is 12.7 Å². The fourth-order valence-electron chi connectivity index (χ4n) is 2.19. The van der Waals surface area contributed by atoms with E-state index in [2.05, 4.69) is 6.92 Å². The molecule has 4 nitrogen and oxygen atoms in total. The number of hydrogen-bond acceptors (Lipinski definition) is 3. The molecule has 0 saturated carbocycles. The first-order valence-corrected chi connectivity index (χ1v) is 6.38. The van der Waals surface area contributed by atoms with E-state index in [1.54, 1.807) is 6.07 Å². The first kappa shape index (κ1) is 15.8. The lowest BCUT2D eigenvalue weighted by Gasteiger charge is -2.32. The van der Waals surface area contributed by atoms with Crippen molar-refractivity contribution in [1.82, 2.24) is 4.90 Å². The predicted molar refractivity (Wildman–Crippen MR) is 78.8 cm³/mol. The van der Waals surface area contributed by atoms with E-state index in [0.29, 0.717) is 30.9 Å². The summed E-state index contributed by atoms with van der Waals surface area (Å²) in [6.45, 7) is 5.95. The van der Waals surface area contributed by atoms with Crippen LogP contribution >= 0.6 is 12.4 Å². The van der Waals surface area contributed by atoms with Gasteiger partial charge in [-0.3, -0.25) is 4.79 Å². The highest BCUT2D eigenvalue weighted by Crippen LogP contribution is 2.17. The van der Waals surface area contributed by atoms with Crippen LogP contribution in [0, 0.1) is 6.92 Å². The highest BCUT2D eigenvalue weighted by molar-refractivity contribution is 5.96. The van der Waals surface area contributed by atoms with Crippen LogP contribution in [0.25, 0.3) is 0 Å². The van der Waals surface area contributed by atoms with Crippen molar-refractivity contribution in [2.45, 2.75) is 26.4 Å². The van der Waals surface area contributed by atoms with Crippen molar-refractivity contribution in [1.29, 1.82) is 0 Å². The zero-order valence-electron chi connectivity index (χ0n) is 11.4. The van der Waals surface area contributed by atoms with Crippen LogP contribution in [0.3, 0.4) is 0 Å². The smallest absolute Gasteiger partial charge is 0.254 e. The molecule has 1 aliphatic rings. The standard InChI is InChI=1S/C14H20N2O2.ClH/c1-3-12-9-16(6-7-18-12)14(17)13-8-11(15)5-4-10(13)2;/h4-5,8,12H,3,6-7,9,15H2,1-2H3;1H. The molecule has 1 aromatic rings. The Morgan fingerprint density at radius 3 is 2.95 bits per heavy atom. The van der Waals surface area contributed by atoms with Gasteiger partial charge in [-0.25, -0.2) is 0 Å². The Morgan fingerprint density at radius 1 is 1.53 bits per heavy atom. The Bertz CT molecular complexity index is 451. The lowest BCUT2D eigenvalue weighted by atomic mass is 10.1. The van der Waals surface area contributed by atoms with E-state index in [1.807, 2.05) is 24.0 Å². The van der Waals surface area contributed by atoms with Crippen LogP contribution in [-0.4, -0.2) is 36.6 Å². The van der Waals surface area contributed by atoms with E-state index in [9.17, 15) is 4.79 Å². The Hall–Kier alpha value is -1.26. The van der Waals surface area contributed by atoms with E-state index in [4.69, 9.17) is 10.5 Å². The third-order valence-corrected chi connectivity index (χ3v) is 3.37. The summed E-state index contributed by atoms with van der Waals surface area (Å²) < 4.78 is 5.58. The van der Waals surface area contributed by atoms with Crippen molar-refractivity contribution in [3.05, 3.63) is 29.3 Å². The second-order valence-corrected chi connectivity index (χ2v) is 4.73. The quantitative estimate of drug-likeness (QED) is 0.848. The molecule has 2 N–H and O–H groups in total. The number of nitrogens with zero attached hydrogens (tertiary/aromatic N) is 1. The normalized spacial score (nSPS) is 18.8. The van der Waals surface area contributed by atoms with Gasteiger partial charge >= 0.3 is 0 Å². The number of morpholine rings is 1. The van der Waals surface area contributed by atoms with Gasteiger partial charge in [-0.05, 0) is 31.0 Å². The van der Waals surface area contributed by atoms with Crippen LogP contribution in [0.15, 0.2) is 18.2 Å². The number of hydrogen-bond donors (Lipinski definition) is 1. The summed E-state index contributed by atoms with van der Waals surface area (Å²) in [5.74, 6) is 0.0570. The first-order valence-electron chi connectivity index (χ1n) is 6.38. The van der Waals surface area contributed by atoms with Crippen molar-refractivity contribution in [3.8, 4) is 0 Å². The fraction of sp³-hybridized carbons (Fsp3) is 0.500. The molecule has 0 radical (unpaired) electrons. The maximum Gasteiger partial charge on any atom is 0.254 e. The molecular formula is C14H21ClN2O2. The number of aryl methyl sites for hydroxylation is 1. The minimum atomic E-state index is 0. The van der Waals surface area contributed by atoms with Gasteiger partial charge in [0.2, 0.25) is 0 Å². The monoisotopic (exact) mass is 284 g/mol. The predicted octanol–water partition coefficient (Wildman–Crippen LogP) is 2.25. The zero-order chi connectivity index (χ0) is 13.1. The number of carbonyl (C=O) groups is 1. The Labute approximate surface area is 120 Å². The van der Waals surface area contributed by atoms with E-state index in [-0.39, 0.29) is 24.4 Å². The van der Waals surface area contributed by atoms with Gasteiger partial charge in [-0.2, -0.15) is 0 Å². The van der Waals surface area contributed by atoms with Crippen molar-refractivity contribution in [2.24, 2.45) is 0 Å². The van der Waals surface area contributed by atoms with Crippen LogP contribution in [0.5, 0.6) is 0 Å². The summed E-state index contributed by atoms with van der Waals surface area (Å²) in [5, 5.41) is 0. The maximum atomic E-state index is 12.4. The Balaban J connectivity index is 0.00000180. The molecule has 5 heteroatoms. The second-order valence-electron chi connectivity index (χ2n) is 4.73. The molecular weight excluding hydrogens is 264 g/mol. The second kappa shape index (κ2) is 6.78. The third kappa shape index (κ3) is 3.61. The van der Waals surface area contributed by atoms with E-state index in [1.165, 1.54) is 0 Å². The summed E-state index contributed by atoms with van der Waals surface area (Å²) in [4.78, 5) is 14.3. The molecule has 1 atom stereocenters. The van der Waals surface area contributed by atoms with Gasteiger partial charge in [0.15, 0.2) is 0 Å². The highest BCUT2D eigenvalue weighted by atomic mass is 35.5. The molecule has 1 aromatic carbocycles. The Kier molecular flexibility index (Phi) is 5.63. The van der Waals surface area contributed by atoms with Gasteiger partial charge in [0, 0.05) is 24.3 Å². The van der Waals surface area contributed by atoms with Crippen molar-refractivity contribution in [2.75, 3.05) is 25.4 Å². The van der Waals surface area contributed by atoms with Crippen LogP contribution in [0.1, 0.15) is 29.3 Å². The summed E-state index contributed by atoms with van der Waals surface area (Å²) in [5.41, 5.74) is 8.05. The van der Waals surface area contributed by atoms with Gasteiger partial charge in [0.25, 0.3) is 5.91 Å². The molecule has 2 rings (SSSR count). The van der Waals surface area contributed by atoms with E-state index in [0.717, 1.165) is 12.0 Å². The fourth-order valence-corrected chi connectivity index (χ4v) is 2.19. The van der Waals surface area contributed by atoms with Crippen LogP contribution < -0.4 is 5.73 Å². The molecule has 19 heavy (non-hydrogen) atoms. The largest absolute Gasteiger partial charge is 0.399 e. The molecule has 1 aliphatic heterocycles. The van der Waals surface area contributed by atoms with Crippen LogP contribution in [0.2, 0.25) is 0 Å². The molecule has 0 bridgehead atoms. The van der Waals surface area contributed by atoms with Crippen LogP contribution in [0.4, 0.5) is 5.69 Å². The lowest BCUT2D eigenvalue weighted by molar-refractivity contribution is -0.0226. The van der Waals surface area contributed by atoms with Crippen molar-refractivity contribution in [3.63, 3.8) is 0 Å². The number of amides is 1. The first-order chi connectivity index (χ1) is 8.61. The zero-order valence-corrected chi connectivity index (χ0v) is 12.2. The molecule has 0 spiro atoms. The number of nitrogen functional groups attached to an aromatic ring is 1. The maximum absolute atomic E-state index is 12.4. The van der Waals surface area contributed by atoms with Gasteiger partial charge in [-0.1, -0.05) is 13.0 Å². The molecule has 0 aromatic heterocycles. The number of benzene rings is 1. The van der Waals surface area contributed by atoms with E-state index < -0.39 is 0 Å². The average molecular weight is 285 g/mol. The average Bonchev–Trinajstić information content (AvgIpc) is 2.41. The number of carbonyl (C=O) groups excluding carboxylic acids is 1. The molecule has 0 aliphatic carbocycles. The van der Waals surface area contributed by atoms with Crippen LogP contribution in [-0.2, 0) is 4.74 Å². The van der Waals surface area contributed by atoms with Crippen molar-refractivity contribution >= 4 is 24.0 Å². The minimum absolute atomic E-state index is 0. The Morgan fingerprint density at radius 2 is 2.26 bits per heavy atom. The number of rotatable bonds is 2. The van der Waals surface area contributed by atoms with Gasteiger partial charge < -0.3 is 15.4 Å². The molecule has 1 fully saturated rings. The number of ether oxygens (including phenoxy) is 1. The minimum Gasteiger partial charge on any atom is -0.399 e. The topological polar surface area (TPSA) is 55.6 Å². The molecule has 1 saturated heterocycles. The number of halogens is 1. The number of nitrogens with two attached hydrogens (primary N) is 1. The number of anilines is 1. The molecule has 1 unspecified atom stereocenters. The van der Waals surface area contributed by atoms with Gasteiger partial charge in [0.1, 0.15) is 0 Å². The molecule has 1 heterocycles. The summed E-state index contributed by atoms with van der Waals surface area (Å²) in [6, 6.07) is 5.47. The highest BCUT2D eigenvalue weighted by Gasteiger charge is 2.24.